The molecule has 0 atom stereocenters. The van der Waals surface area contributed by atoms with Crippen LogP contribution < -0.4 is 14.9 Å². The fraction of sp³-hybridized carbons (Fsp3) is 0.375. The Morgan fingerprint density at radius 3 is 2.70 bits per heavy atom. The Morgan fingerprint density at radius 2 is 1.90 bits per heavy atom. The summed E-state index contributed by atoms with van der Waals surface area (Å²) < 4.78 is 18.9. The van der Waals surface area contributed by atoms with Crippen molar-refractivity contribution in [2.75, 3.05) is 6.73 Å². The average Bonchev–Trinajstić information content (AvgIpc) is 2.78. The van der Waals surface area contributed by atoms with Crippen LogP contribution in [-0.4, -0.2) is 17.7 Å². The Labute approximate surface area is 183 Å². The van der Waals surface area contributed by atoms with Crippen molar-refractivity contribution in [2.24, 2.45) is 0 Å². The first kappa shape index (κ1) is 19.6. The predicted octanol–water partition coefficient (Wildman–Crippen LogP) is 6.14. The van der Waals surface area contributed by atoms with Gasteiger partial charge in [-0.1, -0.05) is 31.4 Å². The number of hydrogen-bond acceptors (Lipinski definition) is 5. The quantitative estimate of drug-likeness (QED) is 0.460. The lowest BCUT2D eigenvalue weighted by Crippen LogP contribution is -2.41. The molecular formula is C24H24BrNO4. The number of nitrogens with zero attached hydrogens (tertiary/aromatic N) is 1. The van der Waals surface area contributed by atoms with E-state index < -0.39 is 0 Å². The van der Waals surface area contributed by atoms with E-state index in [4.69, 9.17) is 13.9 Å². The molecule has 0 N–H and O–H groups in total. The third-order valence-corrected chi connectivity index (χ3v) is 6.79. The first-order chi connectivity index (χ1) is 14.6. The largest absolute Gasteiger partial charge is 0.478 e. The number of ether oxygens (including phenoxy) is 2. The molecule has 3 aromatic rings. The second kappa shape index (κ2) is 8.08. The Bertz CT molecular complexity index is 1150. The van der Waals surface area contributed by atoms with Crippen molar-refractivity contribution in [2.45, 2.75) is 51.6 Å². The summed E-state index contributed by atoms with van der Waals surface area (Å²) in [7, 11) is 0. The van der Waals surface area contributed by atoms with E-state index in [0.29, 0.717) is 35.3 Å². The molecule has 1 saturated carbocycles. The monoisotopic (exact) mass is 469 g/mol. The number of para-hydroxylation sites is 1. The number of benzene rings is 2. The summed E-state index contributed by atoms with van der Waals surface area (Å²) in [4.78, 5) is 15.7. The van der Waals surface area contributed by atoms with Gasteiger partial charge in [-0.15, -0.1) is 0 Å². The maximum Gasteiger partial charge on any atom is 0.235 e. The Kier molecular flexibility index (Phi) is 5.29. The minimum Gasteiger partial charge on any atom is -0.478 e. The Morgan fingerprint density at radius 1 is 1.10 bits per heavy atom. The maximum absolute atomic E-state index is 13.3. The van der Waals surface area contributed by atoms with E-state index in [0.717, 1.165) is 22.3 Å². The molecule has 5 rings (SSSR count). The van der Waals surface area contributed by atoms with E-state index in [2.05, 4.69) is 20.8 Å². The van der Waals surface area contributed by atoms with Gasteiger partial charge in [-0.2, -0.15) is 0 Å². The molecule has 1 aliphatic carbocycles. The second-order valence-corrected chi connectivity index (χ2v) is 8.93. The van der Waals surface area contributed by atoms with Crippen molar-refractivity contribution in [3.05, 3.63) is 62.4 Å². The van der Waals surface area contributed by atoms with E-state index in [-0.39, 0.29) is 11.2 Å². The molecule has 0 amide bonds. The van der Waals surface area contributed by atoms with Crippen LogP contribution in [0.25, 0.3) is 11.0 Å². The van der Waals surface area contributed by atoms with E-state index in [1.807, 2.05) is 30.3 Å². The lowest BCUT2D eigenvalue weighted by Gasteiger charge is -2.37. The zero-order chi connectivity index (χ0) is 20.7. The fourth-order valence-corrected chi connectivity index (χ4v) is 4.87. The molecule has 1 aliphatic heterocycles. The van der Waals surface area contributed by atoms with Gasteiger partial charge in [0.2, 0.25) is 11.2 Å². The summed E-state index contributed by atoms with van der Waals surface area (Å²) >= 11 is 3.47. The highest BCUT2D eigenvalue weighted by Gasteiger charge is 2.29. The van der Waals surface area contributed by atoms with Crippen molar-refractivity contribution >= 4 is 26.9 Å². The predicted molar refractivity (Wildman–Crippen MR) is 119 cm³/mol. The van der Waals surface area contributed by atoms with E-state index in [1.165, 1.54) is 32.1 Å². The van der Waals surface area contributed by atoms with Crippen LogP contribution in [0.4, 0.5) is 0 Å². The van der Waals surface area contributed by atoms with E-state index >= 15 is 0 Å². The lowest BCUT2D eigenvalue weighted by molar-refractivity contribution is 0.0406. The van der Waals surface area contributed by atoms with Crippen molar-refractivity contribution < 1.29 is 13.9 Å². The third-order valence-electron chi connectivity index (χ3n) is 6.13. The van der Waals surface area contributed by atoms with Gasteiger partial charge in [-0.05, 0) is 60.0 Å². The van der Waals surface area contributed by atoms with Gasteiger partial charge in [-0.25, -0.2) is 0 Å². The molecular weight excluding hydrogens is 446 g/mol. The Hall–Kier alpha value is -2.31. The first-order valence-electron chi connectivity index (χ1n) is 10.5. The van der Waals surface area contributed by atoms with Gasteiger partial charge in [0.15, 0.2) is 0 Å². The van der Waals surface area contributed by atoms with E-state index in [1.54, 1.807) is 13.0 Å². The molecule has 0 saturated heterocycles. The minimum atomic E-state index is -0.165. The fourth-order valence-electron chi connectivity index (χ4n) is 4.51. The van der Waals surface area contributed by atoms with Crippen molar-refractivity contribution in [1.29, 1.82) is 0 Å². The van der Waals surface area contributed by atoms with Gasteiger partial charge in [-0.3, -0.25) is 9.69 Å². The molecule has 5 nitrogen and oxygen atoms in total. The van der Waals surface area contributed by atoms with Gasteiger partial charge in [0.05, 0.1) is 15.4 Å². The summed E-state index contributed by atoms with van der Waals surface area (Å²) in [5.41, 5.74) is 1.40. The molecule has 6 heteroatoms. The first-order valence-corrected chi connectivity index (χ1v) is 11.3. The SMILES string of the molecule is Cc1oc2c3c(ccc2c(=O)c1Oc1ccccc1Br)OCN(C1CCCCC1)C3. The van der Waals surface area contributed by atoms with Crippen LogP contribution in [0.1, 0.15) is 43.4 Å². The van der Waals surface area contributed by atoms with Crippen LogP contribution in [0, 0.1) is 6.92 Å². The molecule has 0 spiro atoms. The molecule has 2 heterocycles. The van der Waals surface area contributed by atoms with Crippen LogP contribution >= 0.6 is 15.9 Å². The smallest absolute Gasteiger partial charge is 0.235 e. The van der Waals surface area contributed by atoms with Crippen molar-refractivity contribution in [1.82, 2.24) is 4.90 Å². The summed E-state index contributed by atoms with van der Waals surface area (Å²) in [5, 5.41) is 0.524. The van der Waals surface area contributed by atoms with Gasteiger partial charge in [0.25, 0.3) is 0 Å². The highest BCUT2D eigenvalue weighted by molar-refractivity contribution is 9.10. The zero-order valence-electron chi connectivity index (χ0n) is 16.9. The third kappa shape index (κ3) is 3.52. The average molecular weight is 470 g/mol. The van der Waals surface area contributed by atoms with Crippen LogP contribution in [0.3, 0.4) is 0 Å². The number of rotatable bonds is 3. The number of aryl methyl sites for hydroxylation is 1. The van der Waals surface area contributed by atoms with Crippen LogP contribution in [0.2, 0.25) is 0 Å². The Balaban J connectivity index is 1.54. The van der Waals surface area contributed by atoms with Gasteiger partial charge in [0.1, 0.15) is 29.6 Å². The maximum atomic E-state index is 13.3. The molecule has 156 valence electrons. The standard InChI is InChI=1S/C24H24BrNO4/c1-15-23(30-21-10-6-5-9-19(21)25)22(27)17-11-12-20-18(24(17)29-15)13-26(14-28-20)16-7-3-2-4-8-16/h5-6,9-12,16H,2-4,7-8,13-14H2,1H3. The second-order valence-electron chi connectivity index (χ2n) is 8.08. The van der Waals surface area contributed by atoms with Crippen LogP contribution in [-0.2, 0) is 6.54 Å². The molecule has 0 unspecified atom stereocenters. The molecule has 1 fully saturated rings. The molecule has 1 aromatic heterocycles. The number of fused-ring (bicyclic) bond motifs is 3. The summed E-state index contributed by atoms with van der Waals surface area (Å²) in [6, 6.07) is 11.7. The van der Waals surface area contributed by atoms with Gasteiger partial charge < -0.3 is 13.9 Å². The lowest BCUT2D eigenvalue weighted by atomic mass is 9.93. The molecule has 2 aromatic carbocycles. The highest BCUT2D eigenvalue weighted by Crippen LogP contribution is 2.37. The summed E-state index contributed by atoms with van der Waals surface area (Å²) in [6.45, 7) is 3.11. The van der Waals surface area contributed by atoms with E-state index in [9.17, 15) is 4.79 Å². The van der Waals surface area contributed by atoms with Crippen molar-refractivity contribution in [3.8, 4) is 17.2 Å². The highest BCUT2D eigenvalue weighted by atomic mass is 79.9. The number of halogens is 1. The molecule has 30 heavy (non-hydrogen) atoms. The topological polar surface area (TPSA) is 51.9 Å². The van der Waals surface area contributed by atoms with Crippen molar-refractivity contribution in [3.63, 3.8) is 0 Å². The van der Waals surface area contributed by atoms with Crippen LogP contribution in [0.5, 0.6) is 17.2 Å². The summed E-state index contributed by atoms with van der Waals surface area (Å²) in [5.74, 6) is 2.07. The normalized spacial score (nSPS) is 17.5. The zero-order valence-corrected chi connectivity index (χ0v) is 18.5. The molecule has 0 radical (unpaired) electrons. The minimum absolute atomic E-state index is 0.165. The van der Waals surface area contributed by atoms with Gasteiger partial charge in [0, 0.05) is 12.6 Å². The summed E-state index contributed by atoms with van der Waals surface area (Å²) in [6.07, 6.45) is 6.27. The number of hydrogen-bond donors (Lipinski definition) is 0. The van der Waals surface area contributed by atoms with Gasteiger partial charge >= 0.3 is 0 Å². The molecule has 2 aliphatic rings. The molecule has 0 bridgehead atoms. The van der Waals surface area contributed by atoms with Crippen LogP contribution in [0.15, 0.2) is 50.1 Å².